The fraction of sp³-hybridized carbons (Fsp3) is 0.632. The Labute approximate surface area is 152 Å². The highest BCUT2D eigenvalue weighted by molar-refractivity contribution is 5.74. The summed E-state index contributed by atoms with van der Waals surface area (Å²) in [5.41, 5.74) is 1.56. The molecular formula is C19H27F3N2O2. The highest BCUT2D eigenvalue weighted by atomic mass is 19.4. The predicted octanol–water partition coefficient (Wildman–Crippen LogP) is 4.49. The van der Waals surface area contributed by atoms with E-state index < -0.39 is 12.8 Å². The fourth-order valence-corrected chi connectivity index (χ4v) is 3.26. The van der Waals surface area contributed by atoms with E-state index >= 15 is 0 Å². The summed E-state index contributed by atoms with van der Waals surface area (Å²) >= 11 is 0. The quantitative estimate of drug-likeness (QED) is 0.800. The van der Waals surface area contributed by atoms with Crippen molar-refractivity contribution in [2.75, 3.05) is 13.7 Å². The van der Waals surface area contributed by atoms with Crippen LogP contribution in [0.4, 0.5) is 18.0 Å². The molecule has 146 valence electrons. The maximum atomic E-state index is 12.3. The van der Waals surface area contributed by atoms with E-state index in [0.29, 0.717) is 18.0 Å². The van der Waals surface area contributed by atoms with Crippen LogP contribution in [0.25, 0.3) is 0 Å². The maximum absolute atomic E-state index is 12.3. The summed E-state index contributed by atoms with van der Waals surface area (Å²) in [5.74, 6) is 0.649. The number of benzene rings is 1. The molecule has 1 aromatic rings. The Morgan fingerprint density at radius 2 is 1.88 bits per heavy atom. The number of nitrogens with zero attached hydrogens (tertiary/aromatic N) is 1. The molecule has 2 rings (SSSR count). The molecule has 1 saturated carbocycles. The SMILES string of the molecule is CC1CCCC(N(C)C(=O)NCc2ccc(COCC(F)(F)F)cc2)C1. The van der Waals surface area contributed by atoms with Gasteiger partial charge in [0.25, 0.3) is 0 Å². The average molecular weight is 372 g/mol. The highest BCUT2D eigenvalue weighted by Crippen LogP contribution is 2.26. The van der Waals surface area contributed by atoms with Crippen LogP contribution in [-0.2, 0) is 17.9 Å². The summed E-state index contributed by atoms with van der Waals surface area (Å²) in [7, 11) is 1.83. The highest BCUT2D eigenvalue weighted by Gasteiger charge is 2.27. The number of carbonyl (C=O) groups is 1. The van der Waals surface area contributed by atoms with Gasteiger partial charge in [-0.3, -0.25) is 0 Å². The number of nitrogens with one attached hydrogen (secondary N) is 1. The molecule has 1 aliphatic rings. The van der Waals surface area contributed by atoms with Crippen molar-refractivity contribution in [3.63, 3.8) is 0 Å². The number of halogens is 3. The normalized spacial score (nSPS) is 20.7. The predicted molar refractivity (Wildman–Crippen MR) is 93.6 cm³/mol. The lowest BCUT2D eigenvalue weighted by atomic mass is 9.86. The zero-order valence-electron chi connectivity index (χ0n) is 15.3. The Kier molecular flexibility index (Phi) is 7.32. The lowest BCUT2D eigenvalue weighted by molar-refractivity contribution is -0.176. The van der Waals surface area contributed by atoms with Gasteiger partial charge >= 0.3 is 12.2 Å². The van der Waals surface area contributed by atoms with Crippen LogP contribution in [0.5, 0.6) is 0 Å². The minimum absolute atomic E-state index is 0.0885. The van der Waals surface area contributed by atoms with Gasteiger partial charge in [0.2, 0.25) is 0 Å². The molecule has 2 unspecified atom stereocenters. The molecule has 1 aromatic carbocycles. The summed E-state index contributed by atoms with van der Waals surface area (Å²) in [6, 6.07) is 7.19. The van der Waals surface area contributed by atoms with Crippen molar-refractivity contribution in [1.29, 1.82) is 0 Å². The van der Waals surface area contributed by atoms with Gasteiger partial charge in [0, 0.05) is 19.6 Å². The average Bonchev–Trinajstić information content (AvgIpc) is 2.59. The Bertz CT molecular complexity index is 575. The summed E-state index contributed by atoms with van der Waals surface area (Å²) in [6.07, 6.45) is 0.149. The minimum Gasteiger partial charge on any atom is -0.367 e. The Morgan fingerprint density at radius 1 is 1.23 bits per heavy atom. The molecule has 2 amide bonds. The molecule has 2 atom stereocenters. The number of ether oxygens (including phenoxy) is 1. The molecule has 0 aliphatic heterocycles. The molecule has 0 spiro atoms. The molecule has 0 heterocycles. The number of rotatable bonds is 6. The molecule has 1 N–H and O–H groups in total. The fourth-order valence-electron chi connectivity index (χ4n) is 3.26. The smallest absolute Gasteiger partial charge is 0.367 e. The monoisotopic (exact) mass is 372 g/mol. The third-order valence-corrected chi connectivity index (χ3v) is 4.78. The summed E-state index contributed by atoms with van der Waals surface area (Å²) in [4.78, 5) is 14.1. The van der Waals surface area contributed by atoms with E-state index in [2.05, 4.69) is 17.0 Å². The minimum atomic E-state index is -4.31. The number of urea groups is 1. The standard InChI is InChI=1S/C19H27F3N2O2/c1-14-4-3-5-17(10-14)24(2)18(25)23-11-15-6-8-16(9-7-15)12-26-13-19(20,21)22/h6-9,14,17H,3-5,10-13H2,1-2H3,(H,23,25). The third kappa shape index (κ3) is 6.86. The lowest BCUT2D eigenvalue weighted by Crippen LogP contribution is -2.45. The first-order valence-corrected chi connectivity index (χ1v) is 8.97. The van der Waals surface area contributed by atoms with Gasteiger partial charge in [0.15, 0.2) is 0 Å². The van der Waals surface area contributed by atoms with Gasteiger partial charge in [0.1, 0.15) is 6.61 Å². The topological polar surface area (TPSA) is 41.6 Å². The largest absolute Gasteiger partial charge is 0.411 e. The molecule has 26 heavy (non-hydrogen) atoms. The van der Waals surface area contributed by atoms with Crippen LogP contribution in [0, 0.1) is 5.92 Å². The van der Waals surface area contributed by atoms with Crippen molar-refractivity contribution in [2.45, 2.75) is 58.0 Å². The van der Waals surface area contributed by atoms with E-state index in [9.17, 15) is 18.0 Å². The summed E-state index contributed by atoms with van der Waals surface area (Å²) < 4.78 is 40.8. The summed E-state index contributed by atoms with van der Waals surface area (Å²) in [6.45, 7) is 1.26. The first kappa shape index (κ1) is 20.6. The van der Waals surface area contributed by atoms with Crippen molar-refractivity contribution < 1.29 is 22.7 Å². The van der Waals surface area contributed by atoms with Gasteiger partial charge in [-0.25, -0.2) is 4.79 Å². The molecule has 0 aromatic heterocycles. The van der Waals surface area contributed by atoms with Gasteiger partial charge in [0.05, 0.1) is 6.61 Å². The van der Waals surface area contributed by atoms with E-state index in [1.807, 2.05) is 7.05 Å². The molecule has 1 aliphatic carbocycles. The number of carbonyl (C=O) groups excluding carboxylic acids is 1. The van der Waals surface area contributed by atoms with Crippen LogP contribution in [0.1, 0.15) is 43.7 Å². The van der Waals surface area contributed by atoms with Crippen LogP contribution in [-0.4, -0.2) is 36.8 Å². The van der Waals surface area contributed by atoms with E-state index in [1.165, 1.54) is 6.42 Å². The molecule has 0 bridgehead atoms. The van der Waals surface area contributed by atoms with Crippen LogP contribution in [0.15, 0.2) is 24.3 Å². The second-order valence-electron chi connectivity index (χ2n) is 7.12. The van der Waals surface area contributed by atoms with Crippen LogP contribution >= 0.6 is 0 Å². The molecule has 0 radical (unpaired) electrons. The second-order valence-corrected chi connectivity index (χ2v) is 7.12. The van der Waals surface area contributed by atoms with Crippen molar-refractivity contribution in [1.82, 2.24) is 10.2 Å². The zero-order valence-corrected chi connectivity index (χ0v) is 15.3. The third-order valence-electron chi connectivity index (χ3n) is 4.78. The van der Waals surface area contributed by atoms with Crippen LogP contribution in [0.2, 0.25) is 0 Å². The second kappa shape index (κ2) is 9.26. The first-order chi connectivity index (χ1) is 12.2. The van der Waals surface area contributed by atoms with Crippen molar-refractivity contribution >= 4 is 6.03 Å². The Morgan fingerprint density at radius 3 is 2.50 bits per heavy atom. The molecule has 0 saturated heterocycles. The zero-order chi connectivity index (χ0) is 19.2. The van der Waals surface area contributed by atoms with E-state index in [0.717, 1.165) is 24.8 Å². The van der Waals surface area contributed by atoms with Gasteiger partial charge in [-0.05, 0) is 29.9 Å². The van der Waals surface area contributed by atoms with Gasteiger partial charge in [-0.15, -0.1) is 0 Å². The first-order valence-electron chi connectivity index (χ1n) is 8.97. The van der Waals surface area contributed by atoms with Crippen molar-refractivity contribution in [2.24, 2.45) is 5.92 Å². The molecule has 1 fully saturated rings. The molecule has 4 nitrogen and oxygen atoms in total. The van der Waals surface area contributed by atoms with E-state index in [4.69, 9.17) is 0 Å². The van der Waals surface area contributed by atoms with Crippen LogP contribution in [0.3, 0.4) is 0 Å². The van der Waals surface area contributed by atoms with Crippen LogP contribution < -0.4 is 5.32 Å². The van der Waals surface area contributed by atoms with Crippen molar-refractivity contribution in [3.05, 3.63) is 35.4 Å². The van der Waals surface area contributed by atoms with Gasteiger partial charge < -0.3 is 15.0 Å². The van der Waals surface area contributed by atoms with E-state index in [1.54, 1.807) is 29.2 Å². The lowest BCUT2D eigenvalue weighted by Gasteiger charge is -2.34. The van der Waals surface area contributed by atoms with Gasteiger partial charge in [-0.2, -0.15) is 13.2 Å². The molecule has 7 heteroatoms. The number of hydrogen-bond acceptors (Lipinski definition) is 2. The summed E-state index contributed by atoms with van der Waals surface area (Å²) in [5, 5.41) is 2.90. The Hall–Kier alpha value is -1.76. The number of alkyl halides is 3. The van der Waals surface area contributed by atoms with Gasteiger partial charge in [-0.1, -0.05) is 44.0 Å². The number of hydrogen-bond donors (Lipinski definition) is 1. The maximum Gasteiger partial charge on any atom is 0.411 e. The van der Waals surface area contributed by atoms with E-state index in [-0.39, 0.29) is 18.7 Å². The molecular weight excluding hydrogens is 345 g/mol. The number of amides is 2. The van der Waals surface area contributed by atoms with Crippen molar-refractivity contribution in [3.8, 4) is 0 Å². The Balaban J connectivity index is 1.75.